The van der Waals surface area contributed by atoms with E-state index in [9.17, 15) is 20.1 Å². The van der Waals surface area contributed by atoms with Crippen molar-refractivity contribution in [2.75, 3.05) is 13.2 Å². The predicted octanol–water partition coefficient (Wildman–Crippen LogP) is 7.71. The van der Waals surface area contributed by atoms with Gasteiger partial charge in [-0.25, -0.2) is 9.59 Å². The normalized spacial score (nSPS) is 12.3. The Labute approximate surface area is 237 Å². The molecule has 0 bridgehead atoms. The van der Waals surface area contributed by atoms with Gasteiger partial charge >= 0.3 is 11.9 Å². The van der Waals surface area contributed by atoms with Crippen molar-refractivity contribution < 1.29 is 19.1 Å². The van der Waals surface area contributed by atoms with Crippen LogP contribution in [0.5, 0.6) is 0 Å². The highest BCUT2D eigenvalue weighted by atomic mass is 16.5. The minimum absolute atomic E-state index is 0.0972. The van der Waals surface area contributed by atoms with Gasteiger partial charge in [0.1, 0.15) is 6.61 Å². The molecular formula is C34H36N2O4. The van der Waals surface area contributed by atoms with Gasteiger partial charge in [-0.3, -0.25) is 0 Å². The molecule has 0 unspecified atom stereocenters. The molecule has 0 aliphatic heterocycles. The molecule has 3 aromatic carbocycles. The van der Waals surface area contributed by atoms with Gasteiger partial charge in [0.25, 0.3) is 0 Å². The van der Waals surface area contributed by atoms with Gasteiger partial charge in [0.2, 0.25) is 0 Å². The van der Waals surface area contributed by atoms with Gasteiger partial charge < -0.3 is 9.47 Å². The number of nitriles is 2. The van der Waals surface area contributed by atoms with E-state index < -0.39 is 11.9 Å². The summed E-state index contributed by atoms with van der Waals surface area (Å²) in [5.41, 5.74) is 4.87. The minimum Gasteiger partial charge on any atom is -0.462 e. The molecular weight excluding hydrogens is 500 g/mol. The first-order valence-electron chi connectivity index (χ1n) is 13.7. The summed E-state index contributed by atoms with van der Waals surface area (Å²) in [6.45, 7) is 8.36. The number of hydrogen-bond acceptors (Lipinski definition) is 6. The van der Waals surface area contributed by atoms with Crippen molar-refractivity contribution in [3.63, 3.8) is 0 Å². The quantitative estimate of drug-likeness (QED) is 0.220. The van der Waals surface area contributed by atoms with E-state index in [4.69, 9.17) is 9.47 Å². The van der Waals surface area contributed by atoms with Gasteiger partial charge in [-0.1, -0.05) is 76.2 Å². The lowest BCUT2D eigenvalue weighted by molar-refractivity contribution is 0.0455. The average Bonchev–Trinajstić information content (AvgIpc) is 2.97. The largest absolute Gasteiger partial charge is 0.462 e. The van der Waals surface area contributed by atoms with Crippen molar-refractivity contribution in [3.05, 3.63) is 83.9 Å². The first kappa shape index (κ1) is 30.1. The van der Waals surface area contributed by atoms with E-state index in [1.54, 1.807) is 24.3 Å². The van der Waals surface area contributed by atoms with Crippen LogP contribution in [-0.2, 0) is 9.47 Å². The van der Waals surface area contributed by atoms with Gasteiger partial charge in [-0.05, 0) is 71.2 Å². The van der Waals surface area contributed by atoms with Crippen molar-refractivity contribution in [1.82, 2.24) is 0 Å². The maximum atomic E-state index is 12.4. The number of ether oxygens (including phenoxy) is 2. The summed E-state index contributed by atoms with van der Waals surface area (Å²) in [5.74, 6) is -0.669. The van der Waals surface area contributed by atoms with E-state index in [0.717, 1.165) is 22.3 Å². The first-order chi connectivity index (χ1) is 19.2. The van der Waals surface area contributed by atoms with Crippen molar-refractivity contribution in [2.45, 2.75) is 40.5 Å². The smallest absolute Gasteiger partial charge is 0.338 e. The van der Waals surface area contributed by atoms with Gasteiger partial charge in [-0.2, -0.15) is 10.5 Å². The van der Waals surface area contributed by atoms with Crippen LogP contribution in [0.25, 0.3) is 22.3 Å². The summed E-state index contributed by atoms with van der Waals surface area (Å²) in [6, 6.07) is 27.0. The molecule has 40 heavy (non-hydrogen) atoms. The van der Waals surface area contributed by atoms with E-state index in [0.29, 0.717) is 29.9 Å². The van der Waals surface area contributed by atoms with E-state index in [-0.39, 0.29) is 31.0 Å². The van der Waals surface area contributed by atoms with E-state index in [1.807, 2.05) is 76.2 Å². The highest BCUT2D eigenvalue weighted by molar-refractivity contribution is 5.91. The average molecular weight is 537 g/mol. The van der Waals surface area contributed by atoms with Gasteiger partial charge in [-0.15, -0.1) is 0 Å². The maximum Gasteiger partial charge on any atom is 0.338 e. The molecule has 0 spiro atoms. The Balaban J connectivity index is 1.57. The number of hydrogen-bond donors (Lipinski definition) is 0. The standard InChI is InChI=1S/C34H36N2O4/c1-23(2)19-25(20-35)22-40-34(38)31-15-11-29(12-16-31)27-7-5-26(6-8-27)28-9-13-30(14-10-28)33(37)39-18-17-32(21-36)24(3)4/h5-16,23-25,32H,17-19,22H2,1-4H3/t25-,32+/m0/s1. The van der Waals surface area contributed by atoms with Crippen LogP contribution in [0.3, 0.4) is 0 Å². The van der Waals surface area contributed by atoms with Crippen LogP contribution in [0.2, 0.25) is 0 Å². The Kier molecular flexibility index (Phi) is 11.0. The number of nitrogens with zero attached hydrogens (tertiary/aromatic N) is 2. The molecule has 2 atom stereocenters. The Morgan fingerprint density at radius 2 is 1.10 bits per heavy atom. The molecule has 6 heteroatoms. The highest BCUT2D eigenvalue weighted by Crippen LogP contribution is 2.26. The molecule has 0 heterocycles. The van der Waals surface area contributed by atoms with Gasteiger partial charge in [0, 0.05) is 0 Å². The lowest BCUT2D eigenvalue weighted by Gasteiger charge is -2.13. The number of esters is 2. The lowest BCUT2D eigenvalue weighted by atomic mass is 9.95. The third-order valence-electron chi connectivity index (χ3n) is 6.78. The van der Waals surface area contributed by atoms with Crippen molar-refractivity contribution >= 4 is 11.9 Å². The van der Waals surface area contributed by atoms with Crippen LogP contribution in [0.1, 0.15) is 61.3 Å². The monoisotopic (exact) mass is 536 g/mol. The Morgan fingerprint density at radius 1 is 0.675 bits per heavy atom. The van der Waals surface area contributed by atoms with Crippen molar-refractivity contribution in [1.29, 1.82) is 10.5 Å². The SMILES string of the molecule is CC(C)C[C@@H](C#N)COC(=O)c1ccc(-c2ccc(-c3ccc(C(=O)OCC[C@H](C#N)C(C)C)cc3)cc2)cc1. The zero-order valence-electron chi connectivity index (χ0n) is 23.6. The van der Waals surface area contributed by atoms with Crippen LogP contribution in [0.15, 0.2) is 72.8 Å². The molecule has 3 rings (SSSR count). The molecule has 3 aromatic rings. The van der Waals surface area contributed by atoms with Gasteiger partial charge in [0.05, 0.1) is 41.7 Å². The fourth-order valence-corrected chi connectivity index (χ4v) is 4.35. The van der Waals surface area contributed by atoms with Crippen molar-refractivity contribution in [3.8, 4) is 34.4 Å². The fourth-order valence-electron chi connectivity index (χ4n) is 4.35. The number of carbonyl (C=O) groups is 2. The fraction of sp³-hybridized carbons (Fsp3) is 0.353. The summed E-state index contributed by atoms with van der Waals surface area (Å²) >= 11 is 0. The molecule has 0 fully saturated rings. The molecule has 0 aliphatic carbocycles. The summed E-state index contributed by atoms with van der Waals surface area (Å²) in [7, 11) is 0. The zero-order valence-corrected chi connectivity index (χ0v) is 23.6. The molecule has 0 aliphatic rings. The molecule has 0 N–H and O–H groups in total. The van der Waals surface area contributed by atoms with Crippen LogP contribution in [0, 0.1) is 46.3 Å². The lowest BCUT2D eigenvalue weighted by Crippen LogP contribution is -2.14. The Bertz CT molecular complexity index is 1350. The topological polar surface area (TPSA) is 100 Å². The molecule has 0 amide bonds. The van der Waals surface area contributed by atoms with E-state index >= 15 is 0 Å². The summed E-state index contributed by atoms with van der Waals surface area (Å²) < 4.78 is 10.7. The molecule has 0 saturated heterocycles. The second-order valence-corrected chi connectivity index (χ2v) is 10.7. The molecule has 206 valence electrons. The first-order valence-corrected chi connectivity index (χ1v) is 13.7. The van der Waals surface area contributed by atoms with Crippen LogP contribution < -0.4 is 0 Å². The van der Waals surface area contributed by atoms with E-state index in [1.165, 1.54) is 0 Å². The second-order valence-electron chi connectivity index (χ2n) is 10.7. The number of carbonyl (C=O) groups excluding carboxylic acids is 2. The van der Waals surface area contributed by atoms with Crippen LogP contribution >= 0.6 is 0 Å². The summed E-state index contributed by atoms with van der Waals surface area (Å²) in [5, 5.41) is 18.4. The molecule has 6 nitrogen and oxygen atoms in total. The third-order valence-corrected chi connectivity index (χ3v) is 6.78. The minimum atomic E-state index is -0.430. The van der Waals surface area contributed by atoms with E-state index in [2.05, 4.69) is 12.1 Å². The summed E-state index contributed by atoms with van der Waals surface area (Å²) in [4.78, 5) is 24.8. The van der Waals surface area contributed by atoms with Crippen LogP contribution in [-0.4, -0.2) is 25.2 Å². The number of benzene rings is 3. The molecule has 0 saturated carbocycles. The molecule has 0 aromatic heterocycles. The highest BCUT2D eigenvalue weighted by Gasteiger charge is 2.16. The number of rotatable bonds is 12. The second kappa shape index (κ2) is 14.7. The Morgan fingerprint density at radius 3 is 1.48 bits per heavy atom. The summed E-state index contributed by atoms with van der Waals surface area (Å²) in [6.07, 6.45) is 1.22. The van der Waals surface area contributed by atoms with Crippen LogP contribution in [0.4, 0.5) is 0 Å². The Hall–Kier alpha value is -4.42. The molecule has 0 radical (unpaired) electrons. The zero-order chi connectivity index (χ0) is 29.1. The maximum absolute atomic E-state index is 12.4. The van der Waals surface area contributed by atoms with Crippen molar-refractivity contribution in [2.24, 2.45) is 23.7 Å². The third kappa shape index (κ3) is 8.55. The predicted molar refractivity (Wildman–Crippen MR) is 155 cm³/mol. The van der Waals surface area contributed by atoms with Gasteiger partial charge in [0.15, 0.2) is 0 Å².